The van der Waals surface area contributed by atoms with Crippen molar-refractivity contribution in [3.05, 3.63) is 0 Å². The molecule has 0 aromatic carbocycles. The Morgan fingerprint density at radius 2 is 1.81 bits per heavy atom. The fraction of sp³-hybridized carbons (Fsp3) is 0.929. The standard InChI is InChI=1S/C14H28N2O2S3/c1-10(2)9-11(16-21(18)13(3,4)5)14(12(17)15-6)19-7-8-20-14/h10-11,16H,7-9H2,1-6H3,(H,15,17)/t11-,21?/m0/s1. The zero-order valence-corrected chi connectivity index (χ0v) is 16.3. The smallest absolute Gasteiger partial charge is 0.247 e. The minimum absolute atomic E-state index is 0.0269. The second kappa shape index (κ2) is 7.70. The molecule has 4 nitrogen and oxygen atoms in total. The van der Waals surface area contributed by atoms with Crippen molar-refractivity contribution in [3.8, 4) is 0 Å². The average Bonchev–Trinajstić information content (AvgIpc) is 2.85. The molecule has 0 saturated carbocycles. The first-order valence-corrected chi connectivity index (χ1v) is 10.4. The quantitative estimate of drug-likeness (QED) is 0.770. The van der Waals surface area contributed by atoms with Crippen molar-refractivity contribution in [1.29, 1.82) is 0 Å². The molecule has 0 aromatic heterocycles. The van der Waals surface area contributed by atoms with Crippen molar-refractivity contribution in [3.63, 3.8) is 0 Å². The van der Waals surface area contributed by atoms with Gasteiger partial charge in [0.05, 0.1) is 21.8 Å². The van der Waals surface area contributed by atoms with Crippen LogP contribution in [0.4, 0.5) is 0 Å². The number of hydrogen-bond acceptors (Lipinski definition) is 4. The van der Waals surface area contributed by atoms with E-state index in [1.807, 2.05) is 20.8 Å². The van der Waals surface area contributed by atoms with Gasteiger partial charge in [-0.2, -0.15) is 0 Å². The average molecular weight is 353 g/mol. The van der Waals surface area contributed by atoms with E-state index in [1.165, 1.54) is 0 Å². The predicted molar refractivity (Wildman–Crippen MR) is 96.0 cm³/mol. The number of amides is 1. The fourth-order valence-corrected chi connectivity index (χ4v) is 6.47. The lowest BCUT2D eigenvalue weighted by Gasteiger charge is -2.36. The van der Waals surface area contributed by atoms with Crippen LogP contribution in [0.5, 0.6) is 0 Å². The normalized spacial score (nSPS) is 21.3. The highest BCUT2D eigenvalue weighted by molar-refractivity contribution is 8.22. The highest BCUT2D eigenvalue weighted by Crippen LogP contribution is 2.48. The Morgan fingerprint density at radius 3 is 2.19 bits per heavy atom. The van der Waals surface area contributed by atoms with Crippen LogP contribution in [0.3, 0.4) is 0 Å². The Kier molecular flexibility index (Phi) is 7.09. The van der Waals surface area contributed by atoms with E-state index in [1.54, 1.807) is 30.6 Å². The summed E-state index contributed by atoms with van der Waals surface area (Å²) in [5.74, 6) is 2.37. The number of hydrogen-bond donors (Lipinski definition) is 2. The molecule has 0 aliphatic carbocycles. The molecule has 1 aliphatic rings. The van der Waals surface area contributed by atoms with E-state index in [9.17, 15) is 9.00 Å². The summed E-state index contributed by atoms with van der Waals surface area (Å²) >= 11 is 3.36. The zero-order valence-electron chi connectivity index (χ0n) is 13.8. The summed E-state index contributed by atoms with van der Waals surface area (Å²) in [4.78, 5) is 12.5. The van der Waals surface area contributed by atoms with Gasteiger partial charge >= 0.3 is 0 Å². The van der Waals surface area contributed by atoms with E-state index < -0.39 is 15.1 Å². The number of carbonyl (C=O) groups is 1. The minimum atomic E-state index is -1.18. The monoisotopic (exact) mass is 352 g/mol. The Labute approximate surface area is 139 Å². The van der Waals surface area contributed by atoms with Gasteiger partial charge in [-0.05, 0) is 33.1 Å². The lowest BCUT2D eigenvalue weighted by molar-refractivity contribution is -0.121. The van der Waals surface area contributed by atoms with Gasteiger partial charge in [0.15, 0.2) is 4.08 Å². The lowest BCUT2D eigenvalue weighted by Crippen LogP contribution is -2.56. The highest BCUT2D eigenvalue weighted by Gasteiger charge is 2.50. The van der Waals surface area contributed by atoms with Crippen molar-refractivity contribution in [2.24, 2.45) is 5.92 Å². The molecule has 1 saturated heterocycles. The van der Waals surface area contributed by atoms with Crippen LogP contribution in [0.2, 0.25) is 0 Å². The molecule has 0 aromatic rings. The molecule has 2 atom stereocenters. The molecule has 21 heavy (non-hydrogen) atoms. The fourth-order valence-electron chi connectivity index (χ4n) is 2.15. The summed E-state index contributed by atoms with van der Waals surface area (Å²) in [6.07, 6.45) is 0.829. The molecule has 7 heteroatoms. The van der Waals surface area contributed by atoms with Crippen LogP contribution in [0.25, 0.3) is 0 Å². The highest BCUT2D eigenvalue weighted by atomic mass is 32.2. The Balaban J connectivity index is 3.04. The van der Waals surface area contributed by atoms with Crippen LogP contribution >= 0.6 is 23.5 Å². The molecule has 2 N–H and O–H groups in total. The Hall–Kier alpha value is 0.280. The van der Waals surface area contributed by atoms with Gasteiger partial charge in [-0.1, -0.05) is 13.8 Å². The van der Waals surface area contributed by atoms with Crippen molar-refractivity contribution in [1.82, 2.24) is 10.0 Å². The molecule has 0 spiro atoms. The van der Waals surface area contributed by atoms with Crippen LogP contribution in [-0.4, -0.2) is 43.5 Å². The lowest BCUT2D eigenvalue weighted by atomic mass is 10.0. The first-order valence-electron chi connectivity index (χ1n) is 7.31. The summed E-state index contributed by atoms with van der Waals surface area (Å²) in [7, 11) is 0.496. The van der Waals surface area contributed by atoms with Gasteiger partial charge in [-0.3, -0.25) is 4.79 Å². The second-order valence-corrected chi connectivity index (χ2v) is 11.6. The van der Waals surface area contributed by atoms with Crippen molar-refractivity contribution in [2.45, 2.75) is 55.9 Å². The first kappa shape index (κ1) is 19.3. The first-order chi connectivity index (χ1) is 9.63. The van der Waals surface area contributed by atoms with Gasteiger partial charge in [0.2, 0.25) is 5.91 Å². The van der Waals surface area contributed by atoms with Gasteiger partial charge in [-0.25, -0.2) is 8.93 Å². The molecular formula is C14H28N2O2S3. The number of rotatable bonds is 6. The van der Waals surface area contributed by atoms with Crippen LogP contribution in [0.1, 0.15) is 41.0 Å². The van der Waals surface area contributed by atoms with Crippen LogP contribution < -0.4 is 10.0 Å². The van der Waals surface area contributed by atoms with Crippen LogP contribution in [0.15, 0.2) is 0 Å². The van der Waals surface area contributed by atoms with Crippen molar-refractivity contribution < 1.29 is 9.00 Å². The molecule has 0 bridgehead atoms. The van der Waals surface area contributed by atoms with Gasteiger partial charge < -0.3 is 5.32 Å². The third-order valence-electron chi connectivity index (χ3n) is 3.23. The zero-order chi connectivity index (χ0) is 16.3. The summed E-state index contributed by atoms with van der Waals surface area (Å²) < 4.78 is 14.9. The number of nitrogens with one attached hydrogen (secondary N) is 2. The molecule has 1 heterocycles. The van der Waals surface area contributed by atoms with Gasteiger partial charge in [0.25, 0.3) is 0 Å². The number of carbonyl (C=O) groups excluding carboxylic acids is 1. The summed E-state index contributed by atoms with van der Waals surface area (Å²) in [5.41, 5.74) is 0. The Bertz CT molecular complexity index is 388. The SMILES string of the molecule is CNC(=O)C1([C@H](CC(C)C)NS(=O)C(C)(C)C)SCCS1. The van der Waals surface area contributed by atoms with Crippen LogP contribution in [-0.2, 0) is 15.8 Å². The minimum Gasteiger partial charge on any atom is -0.357 e. The van der Waals surface area contributed by atoms with E-state index in [-0.39, 0.29) is 16.7 Å². The summed E-state index contributed by atoms with van der Waals surface area (Å²) in [6, 6.07) is -0.102. The molecule has 1 unspecified atom stereocenters. The van der Waals surface area contributed by atoms with Crippen molar-refractivity contribution in [2.75, 3.05) is 18.6 Å². The Morgan fingerprint density at radius 1 is 1.29 bits per heavy atom. The second-order valence-electron chi connectivity index (χ2n) is 6.62. The van der Waals surface area contributed by atoms with E-state index in [2.05, 4.69) is 23.9 Å². The molecule has 0 radical (unpaired) electrons. The third-order valence-corrected chi connectivity index (χ3v) is 8.42. The van der Waals surface area contributed by atoms with Crippen molar-refractivity contribution >= 4 is 40.4 Å². The largest absolute Gasteiger partial charge is 0.357 e. The molecule has 1 aliphatic heterocycles. The van der Waals surface area contributed by atoms with E-state index in [4.69, 9.17) is 0 Å². The van der Waals surface area contributed by atoms with E-state index >= 15 is 0 Å². The summed E-state index contributed by atoms with van der Waals surface area (Å²) in [5, 5.41) is 2.79. The predicted octanol–water partition coefficient (Wildman–Crippen LogP) is 2.38. The summed E-state index contributed by atoms with van der Waals surface area (Å²) in [6.45, 7) is 10.1. The van der Waals surface area contributed by atoms with E-state index in [0.29, 0.717) is 5.92 Å². The van der Waals surface area contributed by atoms with Gasteiger partial charge in [0, 0.05) is 18.6 Å². The molecule has 124 valence electrons. The molecular weight excluding hydrogens is 324 g/mol. The molecule has 1 rings (SSSR count). The maximum absolute atomic E-state index is 12.5. The maximum Gasteiger partial charge on any atom is 0.247 e. The number of thioether (sulfide) groups is 2. The molecule has 1 amide bonds. The van der Waals surface area contributed by atoms with Gasteiger partial charge in [0.1, 0.15) is 0 Å². The third kappa shape index (κ3) is 4.88. The maximum atomic E-state index is 12.5. The molecule has 1 fully saturated rings. The van der Waals surface area contributed by atoms with Crippen LogP contribution in [0, 0.1) is 5.92 Å². The van der Waals surface area contributed by atoms with E-state index in [0.717, 1.165) is 17.9 Å². The van der Waals surface area contributed by atoms with Gasteiger partial charge in [-0.15, -0.1) is 23.5 Å². The topological polar surface area (TPSA) is 58.2 Å².